The number of rotatable bonds is 5. The van der Waals surface area contributed by atoms with E-state index < -0.39 is 5.60 Å². The normalized spacial score (nSPS) is 12.9. The minimum Gasteiger partial charge on any atom is -0.444 e. The molecule has 0 aliphatic carbocycles. The minimum absolute atomic E-state index is 0.0710. The zero-order valence-electron chi connectivity index (χ0n) is 14.5. The summed E-state index contributed by atoms with van der Waals surface area (Å²) in [5.41, 5.74) is 1.47. The van der Waals surface area contributed by atoms with Gasteiger partial charge in [0.2, 0.25) is 5.95 Å². The molecule has 1 unspecified atom stereocenters. The molecule has 0 aliphatic rings. The van der Waals surface area contributed by atoms with E-state index in [4.69, 9.17) is 4.74 Å². The monoisotopic (exact) mass is 318 g/mol. The van der Waals surface area contributed by atoms with Gasteiger partial charge in [-0.05, 0) is 46.2 Å². The van der Waals surface area contributed by atoms with Crippen molar-refractivity contribution in [1.29, 1.82) is 0 Å². The molecule has 0 saturated heterocycles. The first kappa shape index (κ1) is 17.1. The third kappa shape index (κ3) is 4.87. The molecule has 2 aromatic rings. The molecule has 0 spiro atoms. The smallest absolute Gasteiger partial charge is 0.410 e. The van der Waals surface area contributed by atoms with Gasteiger partial charge in [-0.2, -0.15) is 0 Å². The van der Waals surface area contributed by atoms with Crippen molar-refractivity contribution >= 4 is 23.1 Å². The quantitative estimate of drug-likeness (QED) is 0.883. The summed E-state index contributed by atoms with van der Waals surface area (Å²) in [5.74, 6) is 0.748. The number of amides is 1. The lowest BCUT2D eigenvalue weighted by molar-refractivity contribution is 0.0232. The number of carbonyl (C=O) groups excluding carboxylic acids is 1. The third-order valence-electron chi connectivity index (χ3n) is 3.59. The van der Waals surface area contributed by atoms with Crippen molar-refractivity contribution in [1.82, 2.24) is 14.9 Å². The average molecular weight is 318 g/mol. The van der Waals surface area contributed by atoms with Gasteiger partial charge in [-0.1, -0.05) is 12.1 Å². The summed E-state index contributed by atoms with van der Waals surface area (Å²) in [5, 5.41) is 3.26. The zero-order valence-corrected chi connectivity index (χ0v) is 14.5. The van der Waals surface area contributed by atoms with Crippen molar-refractivity contribution in [2.45, 2.75) is 45.8 Å². The SMILES string of the molecule is CC(CCNc1nc2ccccc2[nH]1)N(C)C(=O)OC(C)(C)C. The molecule has 23 heavy (non-hydrogen) atoms. The molecular formula is C17H26N4O2. The number of H-pyrrole nitrogens is 1. The summed E-state index contributed by atoms with van der Waals surface area (Å²) < 4.78 is 5.37. The summed E-state index contributed by atoms with van der Waals surface area (Å²) in [6, 6.07) is 7.97. The van der Waals surface area contributed by atoms with Gasteiger partial charge in [-0.15, -0.1) is 0 Å². The highest BCUT2D eigenvalue weighted by atomic mass is 16.6. The highest BCUT2D eigenvalue weighted by Gasteiger charge is 2.22. The molecule has 1 aromatic carbocycles. The van der Waals surface area contributed by atoms with Crippen LogP contribution in [0.15, 0.2) is 24.3 Å². The van der Waals surface area contributed by atoms with E-state index in [9.17, 15) is 4.79 Å². The first-order chi connectivity index (χ1) is 10.8. The second kappa shape index (κ2) is 6.89. The van der Waals surface area contributed by atoms with Crippen LogP contribution in [0.1, 0.15) is 34.1 Å². The molecule has 6 nitrogen and oxygen atoms in total. The van der Waals surface area contributed by atoms with Crippen LogP contribution in [-0.4, -0.2) is 46.2 Å². The fourth-order valence-corrected chi connectivity index (χ4v) is 2.14. The lowest BCUT2D eigenvalue weighted by Crippen LogP contribution is -2.40. The standard InChI is InChI=1S/C17H26N4O2/c1-12(21(5)16(22)23-17(2,3)4)10-11-18-15-19-13-8-6-7-9-14(13)20-15/h6-9,12H,10-11H2,1-5H3,(H2,18,19,20). The average Bonchev–Trinajstić information content (AvgIpc) is 2.87. The molecular weight excluding hydrogens is 292 g/mol. The summed E-state index contributed by atoms with van der Waals surface area (Å²) in [6.07, 6.45) is 0.501. The van der Waals surface area contributed by atoms with Crippen molar-refractivity contribution in [2.75, 3.05) is 18.9 Å². The molecule has 0 radical (unpaired) electrons. The van der Waals surface area contributed by atoms with E-state index in [0.717, 1.165) is 23.4 Å². The summed E-state index contributed by atoms with van der Waals surface area (Å²) >= 11 is 0. The topological polar surface area (TPSA) is 70.2 Å². The van der Waals surface area contributed by atoms with Gasteiger partial charge < -0.3 is 19.9 Å². The molecule has 0 bridgehead atoms. The number of fused-ring (bicyclic) bond motifs is 1. The lowest BCUT2D eigenvalue weighted by Gasteiger charge is -2.28. The first-order valence-electron chi connectivity index (χ1n) is 7.91. The largest absolute Gasteiger partial charge is 0.444 e. The van der Waals surface area contributed by atoms with Crippen molar-refractivity contribution in [2.24, 2.45) is 0 Å². The van der Waals surface area contributed by atoms with Crippen LogP contribution in [-0.2, 0) is 4.74 Å². The number of para-hydroxylation sites is 2. The number of aromatic nitrogens is 2. The summed E-state index contributed by atoms with van der Waals surface area (Å²) in [4.78, 5) is 21.3. The van der Waals surface area contributed by atoms with Gasteiger partial charge >= 0.3 is 6.09 Å². The number of benzene rings is 1. The molecule has 2 N–H and O–H groups in total. The number of aromatic amines is 1. The molecule has 1 amide bonds. The van der Waals surface area contributed by atoms with Crippen molar-refractivity contribution in [3.8, 4) is 0 Å². The molecule has 126 valence electrons. The molecule has 1 aromatic heterocycles. The van der Waals surface area contributed by atoms with Gasteiger partial charge in [-0.25, -0.2) is 9.78 Å². The number of ether oxygens (including phenoxy) is 1. The van der Waals surface area contributed by atoms with Gasteiger partial charge in [0.1, 0.15) is 5.60 Å². The van der Waals surface area contributed by atoms with Crippen LogP contribution in [0.25, 0.3) is 11.0 Å². The second-order valence-electron chi connectivity index (χ2n) is 6.76. The number of anilines is 1. The van der Waals surface area contributed by atoms with Crippen molar-refractivity contribution in [3.63, 3.8) is 0 Å². The van der Waals surface area contributed by atoms with E-state index in [2.05, 4.69) is 15.3 Å². The Bertz CT molecular complexity index is 627. The maximum Gasteiger partial charge on any atom is 0.410 e. The van der Waals surface area contributed by atoms with Gasteiger partial charge in [0.25, 0.3) is 0 Å². The Morgan fingerprint density at radius 2 is 2.09 bits per heavy atom. The number of nitrogens with one attached hydrogen (secondary N) is 2. The highest BCUT2D eigenvalue weighted by Crippen LogP contribution is 2.14. The number of carbonyl (C=O) groups is 1. The van der Waals surface area contributed by atoms with Crippen molar-refractivity contribution in [3.05, 3.63) is 24.3 Å². The van der Waals surface area contributed by atoms with Crippen LogP contribution >= 0.6 is 0 Å². The Kier molecular flexibility index (Phi) is 5.13. The van der Waals surface area contributed by atoms with Crippen LogP contribution in [0.2, 0.25) is 0 Å². The Hall–Kier alpha value is -2.24. The number of hydrogen-bond acceptors (Lipinski definition) is 4. The maximum atomic E-state index is 12.0. The van der Waals surface area contributed by atoms with E-state index in [1.54, 1.807) is 11.9 Å². The van der Waals surface area contributed by atoms with E-state index in [0.29, 0.717) is 6.54 Å². The fourth-order valence-electron chi connectivity index (χ4n) is 2.14. The maximum absolute atomic E-state index is 12.0. The Morgan fingerprint density at radius 1 is 1.39 bits per heavy atom. The molecule has 0 aliphatic heterocycles. The van der Waals surface area contributed by atoms with Crippen molar-refractivity contribution < 1.29 is 9.53 Å². The third-order valence-corrected chi connectivity index (χ3v) is 3.59. The molecule has 0 fully saturated rings. The molecule has 0 saturated carbocycles. The molecule has 1 heterocycles. The van der Waals surface area contributed by atoms with Gasteiger partial charge in [0, 0.05) is 19.6 Å². The van der Waals surface area contributed by atoms with E-state index >= 15 is 0 Å². The molecule has 1 atom stereocenters. The Balaban J connectivity index is 1.82. The summed E-state index contributed by atoms with van der Waals surface area (Å²) in [6.45, 7) is 8.32. The number of hydrogen-bond donors (Lipinski definition) is 2. The molecule has 2 rings (SSSR count). The Morgan fingerprint density at radius 3 is 2.74 bits per heavy atom. The lowest BCUT2D eigenvalue weighted by atomic mass is 10.2. The van der Waals surface area contributed by atoms with Crippen LogP contribution < -0.4 is 5.32 Å². The fraction of sp³-hybridized carbons (Fsp3) is 0.529. The Labute approximate surface area is 137 Å². The van der Waals surface area contributed by atoms with Gasteiger partial charge in [0.05, 0.1) is 11.0 Å². The first-order valence-corrected chi connectivity index (χ1v) is 7.91. The van der Waals surface area contributed by atoms with E-state index in [1.807, 2.05) is 52.0 Å². The second-order valence-corrected chi connectivity index (χ2v) is 6.76. The van der Waals surface area contributed by atoms with Crippen LogP contribution in [0, 0.1) is 0 Å². The van der Waals surface area contributed by atoms with Crippen LogP contribution in [0.3, 0.4) is 0 Å². The highest BCUT2D eigenvalue weighted by molar-refractivity contribution is 5.77. The zero-order chi connectivity index (χ0) is 17.0. The summed E-state index contributed by atoms with van der Waals surface area (Å²) in [7, 11) is 1.76. The van der Waals surface area contributed by atoms with E-state index in [-0.39, 0.29) is 12.1 Å². The number of nitrogens with zero attached hydrogens (tertiary/aromatic N) is 2. The van der Waals surface area contributed by atoms with Crippen LogP contribution in [0.4, 0.5) is 10.7 Å². The number of imidazole rings is 1. The molecule has 6 heteroatoms. The minimum atomic E-state index is -0.475. The predicted molar refractivity (Wildman–Crippen MR) is 92.7 cm³/mol. The predicted octanol–water partition coefficient (Wildman–Crippen LogP) is 3.62. The van der Waals surface area contributed by atoms with Gasteiger partial charge in [-0.3, -0.25) is 0 Å². The van der Waals surface area contributed by atoms with Crippen LogP contribution in [0.5, 0.6) is 0 Å². The van der Waals surface area contributed by atoms with E-state index in [1.165, 1.54) is 0 Å². The van der Waals surface area contributed by atoms with Gasteiger partial charge in [0.15, 0.2) is 0 Å².